The SMILES string of the molecule is CCCCCCCCC(=O)CP(=O)(OC)OC. The van der Waals surface area contributed by atoms with Gasteiger partial charge in [0.15, 0.2) is 0 Å². The molecule has 0 radical (unpaired) electrons. The second-order valence-electron chi connectivity index (χ2n) is 4.19. The molecular weight excluding hydrogens is 239 g/mol. The van der Waals surface area contributed by atoms with Crippen LogP contribution in [0.3, 0.4) is 0 Å². The molecule has 0 aliphatic carbocycles. The lowest BCUT2D eigenvalue weighted by Gasteiger charge is -2.12. The van der Waals surface area contributed by atoms with Gasteiger partial charge >= 0.3 is 7.60 Å². The highest BCUT2D eigenvalue weighted by Crippen LogP contribution is 2.46. The van der Waals surface area contributed by atoms with Crippen LogP contribution in [0, 0.1) is 0 Å². The van der Waals surface area contributed by atoms with Crippen LogP contribution in [0.25, 0.3) is 0 Å². The molecule has 0 spiro atoms. The maximum absolute atomic E-state index is 11.7. The standard InChI is InChI=1S/C12H25O4P/c1-4-5-6-7-8-9-10-12(13)11-17(14,15-2)16-3/h4-11H2,1-3H3. The van der Waals surface area contributed by atoms with E-state index >= 15 is 0 Å². The molecule has 102 valence electrons. The highest BCUT2D eigenvalue weighted by Gasteiger charge is 2.24. The zero-order valence-corrected chi connectivity index (χ0v) is 12.1. The van der Waals surface area contributed by atoms with Crippen molar-refractivity contribution in [2.45, 2.75) is 51.9 Å². The fourth-order valence-electron chi connectivity index (χ4n) is 1.60. The number of rotatable bonds is 11. The monoisotopic (exact) mass is 264 g/mol. The molecule has 0 N–H and O–H groups in total. The summed E-state index contributed by atoms with van der Waals surface area (Å²) < 4.78 is 21.1. The molecule has 0 rings (SSSR count). The summed E-state index contributed by atoms with van der Waals surface area (Å²) in [4.78, 5) is 11.5. The van der Waals surface area contributed by atoms with Gasteiger partial charge in [0.25, 0.3) is 0 Å². The molecule has 0 heterocycles. The van der Waals surface area contributed by atoms with Crippen molar-refractivity contribution in [1.82, 2.24) is 0 Å². The van der Waals surface area contributed by atoms with E-state index in [0.717, 1.165) is 12.8 Å². The summed E-state index contributed by atoms with van der Waals surface area (Å²) in [7, 11) is -0.537. The number of Topliss-reactive ketones (excluding diaryl/α,β-unsaturated/α-hetero) is 1. The van der Waals surface area contributed by atoms with Crippen LogP contribution in [-0.2, 0) is 18.4 Å². The Labute approximate surface area is 105 Å². The largest absolute Gasteiger partial charge is 0.337 e. The first-order chi connectivity index (χ1) is 8.08. The molecule has 4 nitrogen and oxygen atoms in total. The van der Waals surface area contributed by atoms with Crippen LogP contribution in [0.2, 0.25) is 0 Å². The Hall–Kier alpha value is -0.180. The van der Waals surface area contributed by atoms with E-state index in [0.29, 0.717) is 6.42 Å². The van der Waals surface area contributed by atoms with E-state index in [9.17, 15) is 9.36 Å². The summed E-state index contributed by atoms with van der Waals surface area (Å²) in [5.74, 6) is -0.0347. The molecule has 0 aromatic carbocycles. The summed E-state index contributed by atoms with van der Waals surface area (Å²) in [5, 5.41) is 0. The minimum atomic E-state index is -3.15. The number of unbranched alkanes of at least 4 members (excludes halogenated alkanes) is 5. The van der Waals surface area contributed by atoms with Gasteiger partial charge in [0, 0.05) is 20.6 Å². The Morgan fingerprint density at radius 3 is 2.06 bits per heavy atom. The van der Waals surface area contributed by atoms with Crippen LogP contribution in [0.15, 0.2) is 0 Å². The lowest BCUT2D eigenvalue weighted by molar-refractivity contribution is -0.117. The maximum atomic E-state index is 11.7. The van der Waals surface area contributed by atoms with E-state index < -0.39 is 7.60 Å². The van der Waals surface area contributed by atoms with Crippen LogP contribution in [0.4, 0.5) is 0 Å². The first-order valence-electron chi connectivity index (χ1n) is 6.30. The predicted molar refractivity (Wildman–Crippen MR) is 69.5 cm³/mol. The lowest BCUT2D eigenvalue weighted by Crippen LogP contribution is -2.07. The second kappa shape index (κ2) is 9.81. The zero-order chi connectivity index (χ0) is 13.1. The topological polar surface area (TPSA) is 52.6 Å². The Balaban J connectivity index is 3.63. The van der Waals surface area contributed by atoms with Gasteiger partial charge in [-0.3, -0.25) is 9.36 Å². The highest BCUT2D eigenvalue weighted by molar-refractivity contribution is 7.54. The van der Waals surface area contributed by atoms with E-state index in [-0.39, 0.29) is 11.9 Å². The highest BCUT2D eigenvalue weighted by atomic mass is 31.2. The summed E-state index contributed by atoms with van der Waals surface area (Å²) in [6.45, 7) is 2.18. The van der Waals surface area contributed by atoms with Crippen LogP contribution >= 0.6 is 7.60 Å². The summed E-state index contributed by atoms with van der Waals surface area (Å²) in [6, 6.07) is 0. The third-order valence-corrected chi connectivity index (χ3v) is 4.59. The van der Waals surface area contributed by atoms with E-state index in [4.69, 9.17) is 9.05 Å². The molecular formula is C12H25O4P. The number of hydrogen-bond donors (Lipinski definition) is 0. The van der Waals surface area contributed by atoms with Gasteiger partial charge in [-0.05, 0) is 6.42 Å². The molecule has 0 atom stereocenters. The molecule has 17 heavy (non-hydrogen) atoms. The number of ketones is 1. The van der Waals surface area contributed by atoms with Crippen molar-refractivity contribution in [2.75, 3.05) is 20.4 Å². The van der Waals surface area contributed by atoms with Gasteiger partial charge in [0.2, 0.25) is 0 Å². The van der Waals surface area contributed by atoms with Gasteiger partial charge in [-0.25, -0.2) is 0 Å². The van der Waals surface area contributed by atoms with Gasteiger partial charge in [0.05, 0.1) is 0 Å². The maximum Gasteiger partial charge on any atom is 0.337 e. The van der Waals surface area contributed by atoms with E-state index in [1.54, 1.807) is 0 Å². The summed E-state index contributed by atoms with van der Waals surface area (Å²) in [6.07, 6.45) is 7.21. The van der Waals surface area contributed by atoms with E-state index in [1.165, 1.54) is 39.9 Å². The molecule has 0 aromatic rings. The number of carbonyl (C=O) groups is 1. The van der Waals surface area contributed by atoms with Crippen LogP contribution in [-0.4, -0.2) is 26.2 Å². The molecule has 0 saturated heterocycles. The average Bonchev–Trinajstić information content (AvgIpc) is 2.33. The molecule has 0 saturated carbocycles. The molecule has 0 aromatic heterocycles. The van der Waals surface area contributed by atoms with Gasteiger partial charge in [0.1, 0.15) is 11.9 Å². The van der Waals surface area contributed by atoms with Crippen molar-refractivity contribution in [3.05, 3.63) is 0 Å². The van der Waals surface area contributed by atoms with Crippen LogP contribution in [0.1, 0.15) is 51.9 Å². The van der Waals surface area contributed by atoms with Crippen LogP contribution in [0.5, 0.6) is 0 Å². The van der Waals surface area contributed by atoms with Gasteiger partial charge in [-0.2, -0.15) is 0 Å². The third-order valence-electron chi connectivity index (χ3n) is 2.74. The minimum Gasteiger partial charge on any atom is -0.312 e. The molecule has 0 fully saturated rings. The average molecular weight is 264 g/mol. The predicted octanol–water partition coefficient (Wildman–Crippen LogP) is 3.79. The van der Waals surface area contributed by atoms with Crippen molar-refractivity contribution >= 4 is 13.4 Å². The van der Waals surface area contributed by atoms with Crippen molar-refractivity contribution in [1.29, 1.82) is 0 Å². The summed E-state index contributed by atoms with van der Waals surface area (Å²) in [5.41, 5.74) is 0. The van der Waals surface area contributed by atoms with Crippen LogP contribution < -0.4 is 0 Å². The fourth-order valence-corrected chi connectivity index (χ4v) is 2.60. The number of hydrogen-bond acceptors (Lipinski definition) is 4. The van der Waals surface area contributed by atoms with Gasteiger partial charge in [-0.15, -0.1) is 0 Å². The Bertz CT molecular complexity index is 245. The fraction of sp³-hybridized carbons (Fsp3) is 0.917. The van der Waals surface area contributed by atoms with Gasteiger partial charge in [-0.1, -0.05) is 39.0 Å². The Morgan fingerprint density at radius 1 is 1.00 bits per heavy atom. The third kappa shape index (κ3) is 8.53. The van der Waals surface area contributed by atoms with Crippen molar-refractivity contribution in [3.8, 4) is 0 Å². The smallest absolute Gasteiger partial charge is 0.312 e. The molecule has 0 amide bonds. The van der Waals surface area contributed by atoms with Crippen molar-refractivity contribution < 1.29 is 18.4 Å². The Kier molecular flexibility index (Phi) is 9.71. The summed E-state index contributed by atoms with van der Waals surface area (Å²) >= 11 is 0. The first-order valence-corrected chi connectivity index (χ1v) is 8.03. The first kappa shape index (κ1) is 16.8. The molecule has 0 aliphatic rings. The van der Waals surface area contributed by atoms with E-state index in [2.05, 4.69) is 6.92 Å². The second-order valence-corrected chi connectivity index (χ2v) is 6.46. The zero-order valence-electron chi connectivity index (χ0n) is 11.2. The van der Waals surface area contributed by atoms with E-state index in [1.807, 2.05) is 0 Å². The van der Waals surface area contributed by atoms with Crippen molar-refractivity contribution in [3.63, 3.8) is 0 Å². The quantitative estimate of drug-likeness (QED) is 0.421. The molecule has 5 heteroatoms. The van der Waals surface area contributed by atoms with Gasteiger partial charge < -0.3 is 9.05 Å². The molecule has 0 unspecified atom stereocenters. The minimum absolute atomic E-state index is 0.0347. The van der Waals surface area contributed by atoms with Crippen molar-refractivity contribution in [2.24, 2.45) is 0 Å². The Morgan fingerprint density at radius 2 is 1.53 bits per heavy atom. The lowest BCUT2D eigenvalue weighted by atomic mass is 10.1. The molecule has 0 bridgehead atoms. The number of carbonyl (C=O) groups excluding carboxylic acids is 1. The normalized spacial score (nSPS) is 11.7. The molecule has 0 aliphatic heterocycles.